The molecule has 1 saturated heterocycles. The van der Waals surface area contributed by atoms with E-state index in [4.69, 9.17) is 18.3 Å². The van der Waals surface area contributed by atoms with Gasteiger partial charge in [-0.1, -0.05) is 44.2 Å². The Morgan fingerprint density at radius 1 is 1.23 bits per heavy atom. The van der Waals surface area contributed by atoms with Gasteiger partial charge in [-0.05, 0) is 12.0 Å². The fourth-order valence-electron chi connectivity index (χ4n) is 2.68. The third kappa shape index (κ3) is 7.81. The van der Waals surface area contributed by atoms with Crippen molar-refractivity contribution in [1.29, 1.82) is 0 Å². The van der Waals surface area contributed by atoms with Gasteiger partial charge in [-0.2, -0.15) is 0 Å². The van der Waals surface area contributed by atoms with Crippen molar-refractivity contribution in [2.75, 3.05) is 33.5 Å². The van der Waals surface area contributed by atoms with Crippen LogP contribution in [0.15, 0.2) is 30.3 Å². The van der Waals surface area contributed by atoms with Crippen LogP contribution in [0.4, 0.5) is 0 Å². The van der Waals surface area contributed by atoms with Gasteiger partial charge in [0.2, 0.25) is 5.91 Å². The number of carbonyl (C=O) groups is 2. The summed E-state index contributed by atoms with van der Waals surface area (Å²) in [5.41, 5.74) is 0.347. The second-order valence-electron chi connectivity index (χ2n) is 7.54. The van der Waals surface area contributed by atoms with Crippen molar-refractivity contribution in [1.82, 2.24) is 5.32 Å². The topological polar surface area (TPSA) is 109 Å². The van der Waals surface area contributed by atoms with Crippen LogP contribution in [0.1, 0.15) is 32.3 Å². The molecule has 0 radical (unpaired) electrons. The quantitative estimate of drug-likeness (QED) is 0.316. The number of methoxy groups -OCH3 is 1. The Labute approximate surface area is 177 Å². The first kappa shape index (κ1) is 24.5. The maximum atomic E-state index is 12.8. The van der Waals surface area contributed by atoms with Crippen molar-refractivity contribution in [3.05, 3.63) is 35.9 Å². The summed E-state index contributed by atoms with van der Waals surface area (Å²) in [6, 6.07) is 9.75. The molecule has 30 heavy (non-hydrogen) atoms. The van der Waals surface area contributed by atoms with Crippen LogP contribution in [-0.4, -0.2) is 51.5 Å². The lowest BCUT2D eigenvalue weighted by Gasteiger charge is -2.39. The third-order valence-corrected chi connectivity index (χ3v) is 5.84. The van der Waals surface area contributed by atoms with Crippen LogP contribution in [0.2, 0.25) is 0 Å². The molecule has 1 unspecified atom stereocenters. The molecule has 0 spiro atoms. The summed E-state index contributed by atoms with van der Waals surface area (Å²) in [5.74, 6) is -0.923. The van der Waals surface area contributed by atoms with Crippen LogP contribution in [0, 0.1) is 5.41 Å². The van der Waals surface area contributed by atoms with Crippen molar-refractivity contribution in [3.63, 3.8) is 0 Å². The van der Waals surface area contributed by atoms with Crippen LogP contribution in [0.25, 0.3) is 0 Å². The second kappa shape index (κ2) is 11.6. The summed E-state index contributed by atoms with van der Waals surface area (Å²) in [5, 5.41) is 2.59. The molecule has 2 rings (SSSR count). The first-order chi connectivity index (χ1) is 14.3. The molecule has 10 heteroatoms. The van der Waals surface area contributed by atoms with Crippen molar-refractivity contribution < 1.29 is 37.2 Å². The predicted octanol–water partition coefficient (Wildman–Crippen LogP) is 2.84. The van der Waals surface area contributed by atoms with Gasteiger partial charge < -0.3 is 14.8 Å². The van der Waals surface area contributed by atoms with Gasteiger partial charge in [0.25, 0.3) is 0 Å². The van der Waals surface area contributed by atoms with Crippen LogP contribution in [0.3, 0.4) is 0 Å². The minimum atomic E-state index is -3.88. The Kier molecular flexibility index (Phi) is 9.45. The molecule has 1 heterocycles. The SMILES string of the molecule is COC(=O)CCNC(=O)[C@@H]1OP(=O)(OCCCOCc2ccccc2)OCC1(C)C. The number of ether oxygens (including phenoxy) is 2. The molecule has 0 saturated carbocycles. The highest BCUT2D eigenvalue weighted by Gasteiger charge is 2.48. The molecule has 1 N–H and O–H groups in total. The van der Waals surface area contributed by atoms with E-state index in [1.165, 1.54) is 7.11 Å². The number of benzene rings is 1. The molecule has 1 fully saturated rings. The van der Waals surface area contributed by atoms with Gasteiger partial charge >= 0.3 is 13.8 Å². The van der Waals surface area contributed by atoms with Crippen LogP contribution in [-0.2, 0) is 43.8 Å². The van der Waals surface area contributed by atoms with E-state index >= 15 is 0 Å². The zero-order valence-electron chi connectivity index (χ0n) is 17.6. The Morgan fingerprint density at radius 3 is 2.67 bits per heavy atom. The lowest BCUT2D eigenvalue weighted by atomic mass is 9.87. The van der Waals surface area contributed by atoms with E-state index in [1.54, 1.807) is 13.8 Å². The largest absolute Gasteiger partial charge is 0.475 e. The molecule has 1 aromatic rings. The monoisotopic (exact) mass is 443 g/mol. The number of rotatable bonds is 11. The molecule has 1 amide bonds. The molecule has 1 aliphatic heterocycles. The van der Waals surface area contributed by atoms with Crippen molar-refractivity contribution >= 4 is 19.7 Å². The molecule has 9 nitrogen and oxygen atoms in total. The normalized spacial score (nSPS) is 23.0. The van der Waals surface area contributed by atoms with Crippen LogP contribution >= 0.6 is 7.82 Å². The molecule has 0 aromatic heterocycles. The molecular formula is C20H30NO8P. The van der Waals surface area contributed by atoms with E-state index in [0.717, 1.165) is 5.56 Å². The number of amides is 1. The molecular weight excluding hydrogens is 413 g/mol. The molecule has 0 bridgehead atoms. The van der Waals surface area contributed by atoms with E-state index in [1.807, 2.05) is 30.3 Å². The van der Waals surface area contributed by atoms with Crippen molar-refractivity contribution in [2.24, 2.45) is 5.41 Å². The summed E-state index contributed by atoms with van der Waals surface area (Å²) in [6.07, 6.45) is -0.518. The number of phosphoric ester groups is 1. The number of phosphoric acid groups is 1. The lowest BCUT2D eigenvalue weighted by Crippen LogP contribution is -2.50. The minimum absolute atomic E-state index is 0.0308. The van der Waals surface area contributed by atoms with E-state index in [-0.39, 0.29) is 26.2 Å². The zero-order chi connectivity index (χ0) is 22.0. The Balaban J connectivity index is 1.75. The summed E-state index contributed by atoms with van der Waals surface area (Å²) in [7, 11) is -2.60. The van der Waals surface area contributed by atoms with Gasteiger partial charge in [-0.25, -0.2) is 4.57 Å². The molecule has 1 aromatic carbocycles. The fourth-order valence-corrected chi connectivity index (χ4v) is 4.36. The Morgan fingerprint density at radius 2 is 1.97 bits per heavy atom. The fraction of sp³-hybridized carbons (Fsp3) is 0.600. The smallest absolute Gasteiger partial charge is 0.469 e. The van der Waals surface area contributed by atoms with Gasteiger partial charge in [0.05, 0.1) is 33.4 Å². The number of hydrogen-bond donors (Lipinski definition) is 1. The molecule has 2 atom stereocenters. The standard InChI is InChI=1S/C20H30NO8P/c1-20(2)15-28-30(24,29-18(20)19(23)21-11-10-17(22)25-3)27-13-7-12-26-14-16-8-5-4-6-9-16/h4-6,8-9,18H,7,10-15H2,1-3H3,(H,21,23)/t18-,30?/m0/s1. The number of esters is 1. The Hall–Kier alpha value is -1.77. The van der Waals surface area contributed by atoms with Crippen molar-refractivity contribution in [3.8, 4) is 0 Å². The highest BCUT2D eigenvalue weighted by molar-refractivity contribution is 7.48. The highest BCUT2D eigenvalue weighted by Crippen LogP contribution is 2.57. The maximum Gasteiger partial charge on any atom is 0.475 e. The van der Waals surface area contributed by atoms with Gasteiger partial charge in [-0.15, -0.1) is 0 Å². The average Bonchev–Trinajstić information content (AvgIpc) is 2.73. The van der Waals surface area contributed by atoms with Gasteiger partial charge in [-0.3, -0.25) is 23.2 Å². The summed E-state index contributed by atoms with van der Waals surface area (Å²) >= 11 is 0. The summed E-state index contributed by atoms with van der Waals surface area (Å²) < 4.78 is 38.9. The van der Waals surface area contributed by atoms with E-state index in [9.17, 15) is 14.2 Å². The minimum Gasteiger partial charge on any atom is -0.469 e. The number of nitrogens with one attached hydrogen (secondary N) is 1. The maximum absolute atomic E-state index is 12.8. The third-order valence-electron chi connectivity index (χ3n) is 4.43. The summed E-state index contributed by atoms with van der Waals surface area (Å²) in [6.45, 7) is 4.64. The lowest BCUT2D eigenvalue weighted by molar-refractivity contribution is -0.143. The Bertz CT molecular complexity index is 740. The molecule has 1 aliphatic rings. The van der Waals surface area contributed by atoms with E-state index < -0.39 is 31.2 Å². The van der Waals surface area contributed by atoms with Gasteiger partial charge in [0, 0.05) is 18.6 Å². The first-order valence-electron chi connectivity index (χ1n) is 9.79. The highest BCUT2D eigenvalue weighted by atomic mass is 31.2. The summed E-state index contributed by atoms with van der Waals surface area (Å²) in [4.78, 5) is 23.7. The van der Waals surface area contributed by atoms with Crippen LogP contribution in [0.5, 0.6) is 0 Å². The van der Waals surface area contributed by atoms with Gasteiger partial charge in [0.15, 0.2) is 6.10 Å². The van der Waals surface area contributed by atoms with Crippen LogP contribution < -0.4 is 5.32 Å². The first-order valence-corrected chi connectivity index (χ1v) is 11.3. The molecule has 168 valence electrons. The van der Waals surface area contributed by atoms with E-state index in [2.05, 4.69) is 10.1 Å². The van der Waals surface area contributed by atoms with E-state index in [0.29, 0.717) is 19.6 Å². The second-order valence-corrected chi connectivity index (χ2v) is 9.16. The molecule has 0 aliphatic carbocycles. The zero-order valence-corrected chi connectivity index (χ0v) is 18.5. The predicted molar refractivity (Wildman–Crippen MR) is 109 cm³/mol. The van der Waals surface area contributed by atoms with Crippen molar-refractivity contribution in [2.45, 2.75) is 39.4 Å². The number of carbonyl (C=O) groups excluding carboxylic acids is 2. The number of hydrogen-bond acceptors (Lipinski definition) is 8. The van der Waals surface area contributed by atoms with Gasteiger partial charge in [0.1, 0.15) is 0 Å². The average molecular weight is 443 g/mol.